The summed E-state index contributed by atoms with van der Waals surface area (Å²) >= 11 is 0. The fourth-order valence-electron chi connectivity index (χ4n) is 1.54. The zero-order chi connectivity index (χ0) is 14.8. The first-order valence-electron chi connectivity index (χ1n) is 6.60. The van der Waals surface area contributed by atoms with Crippen molar-refractivity contribution in [3.8, 4) is 0 Å². The van der Waals surface area contributed by atoms with Crippen LogP contribution >= 0.6 is 24.0 Å². The molecule has 0 unspecified atom stereocenters. The molecule has 0 atom stereocenters. The van der Waals surface area contributed by atoms with Crippen molar-refractivity contribution in [1.82, 2.24) is 25.4 Å². The maximum atomic E-state index is 11.2. The summed E-state index contributed by atoms with van der Waals surface area (Å²) in [6, 6.07) is 0. The summed E-state index contributed by atoms with van der Waals surface area (Å²) in [5, 5.41) is 10.2. The quantitative estimate of drug-likeness (QED) is 0.223. The molecule has 8 nitrogen and oxygen atoms in total. The topological polar surface area (TPSA) is 93.4 Å². The van der Waals surface area contributed by atoms with E-state index < -0.39 is 0 Å². The van der Waals surface area contributed by atoms with E-state index in [1.165, 1.54) is 6.33 Å². The molecule has 0 spiro atoms. The van der Waals surface area contributed by atoms with Gasteiger partial charge in [0, 0.05) is 27.1 Å². The standard InChI is InChI=1S/C12H22N6O2.HI/c1-4-20-11(19)6-5-7-14-12(13-2)15-8-10-16-9-17-18(10)3;/h9H,4-8H2,1-3H3,(H2,13,14,15);1H. The number of esters is 1. The molecule has 0 bridgehead atoms. The van der Waals surface area contributed by atoms with Crippen LogP contribution in [0, 0.1) is 0 Å². The van der Waals surface area contributed by atoms with E-state index in [1.54, 1.807) is 18.7 Å². The molecule has 0 radical (unpaired) electrons. The van der Waals surface area contributed by atoms with Gasteiger partial charge in [-0.1, -0.05) is 0 Å². The molecule has 0 aliphatic rings. The van der Waals surface area contributed by atoms with E-state index in [4.69, 9.17) is 4.74 Å². The Kier molecular flexibility index (Phi) is 10.5. The molecule has 0 aliphatic carbocycles. The number of guanidine groups is 1. The van der Waals surface area contributed by atoms with Crippen molar-refractivity contribution in [2.75, 3.05) is 20.2 Å². The van der Waals surface area contributed by atoms with Gasteiger partial charge in [-0.3, -0.25) is 14.5 Å². The number of hydrogen-bond donors (Lipinski definition) is 2. The molecule has 1 rings (SSSR count). The van der Waals surface area contributed by atoms with Gasteiger partial charge >= 0.3 is 5.97 Å². The minimum absolute atomic E-state index is 0. The van der Waals surface area contributed by atoms with E-state index in [9.17, 15) is 4.79 Å². The summed E-state index contributed by atoms with van der Waals surface area (Å²) in [4.78, 5) is 19.4. The lowest BCUT2D eigenvalue weighted by Gasteiger charge is -2.11. The van der Waals surface area contributed by atoms with Gasteiger partial charge in [0.15, 0.2) is 5.96 Å². The maximum absolute atomic E-state index is 11.2. The highest BCUT2D eigenvalue weighted by molar-refractivity contribution is 14.0. The molecule has 120 valence electrons. The van der Waals surface area contributed by atoms with Crippen LogP contribution in [0.1, 0.15) is 25.6 Å². The summed E-state index contributed by atoms with van der Waals surface area (Å²) in [7, 11) is 3.52. The Hall–Kier alpha value is -1.39. The lowest BCUT2D eigenvalue weighted by atomic mass is 10.3. The van der Waals surface area contributed by atoms with Gasteiger partial charge in [-0.2, -0.15) is 5.10 Å². The number of hydrogen-bond acceptors (Lipinski definition) is 5. The number of carbonyl (C=O) groups is 1. The first-order valence-corrected chi connectivity index (χ1v) is 6.60. The lowest BCUT2D eigenvalue weighted by molar-refractivity contribution is -0.143. The number of aliphatic imine (C=N–C) groups is 1. The maximum Gasteiger partial charge on any atom is 0.305 e. The summed E-state index contributed by atoms with van der Waals surface area (Å²) in [5.74, 6) is 1.31. The Morgan fingerprint density at radius 3 is 2.81 bits per heavy atom. The highest BCUT2D eigenvalue weighted by Gasteiger charge is 2.04. The summed E-state index contributed by atoms with van der Waals surface area (Å²) in [6.45, 7) is 3.41. The number of nitrogens with one attached hydrogen (secondary N) is 2. The Labute approximate surface area is 141 Å². The van der Waals surface area contributed by atoms with Crippen LogP contribution in [0.5, 0.6) is 0 Å². The smallest absolute Gasteiger partial charge is 0.305 e. The van der Waals surface area contributed by atoms with Crippen molar-refractivity contribution in [3.05, 3.63) is 12.2 Å². The van der Waals surface area contributed by atoms with Crippen molar-refractivity contribution in [3.63, 3.8) is 0 Å². The number of carbonyl (C=O) groups excluding carboxylic acids is 1. The van der Waals surface area contributed by atoms with Crippen LogP contribution in [0.4, 0.5) is 0 Å². The number of aryl methyl sites for hydroxylation is 1. The number of halogens is 1. The van der Waals surface area contributed by atoms with Gasteiger partial charge in [-0.15, -0.1) is 24.0 Å². The van der Waals surface area contributed by atoms with E-state index in [-0.39, 0.29) is 29.9 Å². The minimum atomic E-state index is -0.170. The first-order chi connectivity index (χ1) is 9.67. The fourth-order valence-corrected chi connectivity index (χ4v) is 1.54. The van der Waals surface area contributed by atoms with Gasteiger partial charge in [-0.25, -0.2) is 4.98 Å². The summed E-state index contributed by atoms with van der Waals surface area (Å²) < 4.78 is 6.55. The van der Waals surface area contributed by atoms with E-state index >= 15 is 0 Å². The zero-order valence-electron chi connectivity index (χ0n) is 12.6. The van der Waals surface area contributed by atoms with E-state index in [0.29, 0.717) is 38.5 Å². The van der Waals surface area contributed by atoms with Crippen molar-refractivity contribution in [2.24, 2.45) is 12.0 Å². The third-order valence-corrected chi connectivity index (χ3v) is 2.60. The second-order valence-corrected chi connectivity index (χ2v) is 4.06. The monoisotopic (exact) mass is 410 g/mol. The third kappa shape index (κ3) is 7.83. The Morgan fingerprint density at radius 1 is 1.48 bits per heavy atom. The third-order valence-electron chi connectivity index (χ3n) is 2.60. The van der Waals surface area contributed by atoms with Gasteiger partial charge < -0.3 is 15.4 Å². The molecule has 0 amide bonds. The normalized spacial score (nSPS) is 10.7. The van der Waals surface area contributed by atoms with Gasteiger partial charge in [0.2, 0.25) is 0 Å². The number of aromatic nitrogens is 3. The van der Waals surface area contributed by atoms with Crippen molar-refractivity contribution >= 4 is 35.9 Å². The average molecular weight is 410 g/mol. The van der Waals surface area contributed by atoms with Crippen molar-refractivity contribution in [2.45, 2.75) is 26.3 Å². The van der Waals surface area contributed by atoms with Gasteiger partial charge in [0.1, 0.15) is 12.2 Å². The number of rotatable bonds is 7. The van der Waals surface area contributed by atoms with Crippen LogP contribution in [0.2, 0.25) is 0 Å². The highest BCUT2D eigenvalue weighted by atomic mass is 127. The Bertz CT molecular complexity index is 449. The molecule has 2 N–H and O–H groups in total. The predicted octanol–water partition coefficient (Wildman–Crippen LogP) is 0.441. The van der Waals surface area contributed by atoms with E-state index in [1.807, 2.05) is 7.05 Å². The van der Waals surface area contributed by atoms with E-state index in [0.717, 1.165) is 5.82 Å². The largest absolute Gasteiger partial charge is 0.466 e. The van der Waals surface area contributed by atoms with Crippen LogP contribution in [0.25, 0.3) is 0 Å². The first kappa shape index (κ1) is 19.6. The van der Waals surface area contributed by atoms with Gasteiger partial charge in [0.05, 0.1) is 13.2 Å². The predicted molar refractivity (Wildman–Crippen MR) is 90.5 cm³/mol. The molecule has 9 heteroatoms. The van der Waals surface area contributed by atoms with Crippen LogP contribution in [-0.4, -0.2) is 46.9 Å². The average Bonchev–Trinajstić information content (AvgIpc) is 2.84. The molecule has 21 heavy (non-hydrogen) atoms. The Morgan fingerprint density at radius 2 is 2.24 bits per heavy atom. The highest BCUT2D eigenvalue weighted by Crippen LogP contribution is 1.92. The van der Waals surface area contributed by atoms with Crippen molar-refractivity contribution < 1.29 is 9.53 Å². The number of nitrogens with zero attached hydrogens (tertiary/aromatic N) is 4. The molecule has 0 aromatic carbocycles. The molecule has 1 aromatic rings. The Balaban J connectivity index is 0.00000400. The second kappa shape index (κ2) is 11.3. The number of ether oxygens (including phenoxy) is 1. The molecule has 0 saturated heterocycles. The molecule has 0 fully saturated rings. The molecule has 0 aliphatic heterocycles. The van der Waals surface area contributed by atoms with Gasteiger partial charge in [0.25, 0.3) is 0 Å². The summed E-state index contributed by atoms with van der Waals surface area (Å²) in [5.41, 5.74) is 0. The lowest BCUT2D eigenvalue weighted by Crippen LogP contribution is -2.38. The molecular weight excluding hydrogens is 387 g/mol. The van der Waals surface area contributed by atoms with Crippen LogP contribution < -0.4 is 10.6 Å². The molecule has 0 saturated carbocycles. The summed E-state index contributed by atoms with van der Waals surface area (Å²) in [6.07, 6.45) is 2.61. The fraction of sp³-hybridized carbons (Fsp3) is 0.667. The van der Waals surface area contributed by atoms with E-state index in [2.05, 4.69) is 25.7 Å². The van der Waals surface area contributed by atoms with Crippen LogP contribution in [0.3, 0.4) is 0 Å². The SMILES string of the molecule is CCOC(=O)CCCNC(=NC)NCc1ncnn1C.I. The molecule has 1 aromatic heterocycles. The minimum Gasteiger partial charge on any atom is -0.466 e. The zero-order valence-corrected chi connectivity index (χ0v) is 15.0. The van der Waals surface area contributed by atoms with Crippen LogP contribution in [-0.2, 0) is 23.1 Å². The van der Waals surface area contributed by atoms with Crippen molar-refractivity contribution in [1.29, 1.82) is 0 Å². The van der Waals surface area contributed by atoms with Crippen LogP contribution in [0.15, 0.2) is 11.3 Å². The van der Waals surface area contributed by atoms with Gasteiger partial charge in [-0.05, 0) is 13.3 Å². The second-order valence-electron chi connectivity index (χ2n) is 4.06. The molecular formula is C12H23IN6O2. The molecule has 1 heterocycles.